The molecule has 4 heteroatoms. The summed E-state index contributed by atoms with van der Waals surface area (Å²) >= 11 is 1.70. The van der Waals surface area contributed by atoms with Crippen molar-refractivity contribution in [3.63, 3.8) is 0 Å². The maximum atomic E-state index is 10.7. The average molecular weight is 391 g/mol. The SMILES string of the molecule is Cc1ccc(S[C]2[CH][CH][CH][C]2C2=N[C@H](C(C)(C)O)[C@@H](c3ccccc3)O2)cc1. The van der Waals surface area contributed by atoms with E-state index < -0.39 is 5.60 Å². The van der Waals surface area contributed by atoms with Crippen LogP contribution in [0.25, 0.3) is 0 Å². The summed E-state index contributed by atoms with van der Waals surface area (Å²) < 4.78 is 6.31. The normalized spacial score (nSPS) is 23.6. The van der Waals surface area contributed by atoms with Crippen LogP contribution in [-0.2, 0) is 4.74 Å². The van der Waals surface area contributed by atoms with Crippen LogP contribution in [0.2, 0.25) is 0 Å². The lowest BCUT2D eigenvalue weighted by Crippen LogP contribution is -2.37. The monoisotopic (exact) mass is 390 g/mol. The number of nitrogens with zero attached hydrogens (tertiary/aromatic N) is 1. The number of aliphatic hydroxyl groups is 1. The maximum absolute atomic E-state index is 10.7. The van der Waals surface area contributed by atoms with E-state index in [9.17, 15) is 5.11 Å². The molecule has 5 radical (unpaired) electrons. The summed E-state index contributed by atoms with van der Waals surface area (Å²) in [6.07, 6.45) is 5.83. The first-order valence-corrected chi connectivity index (χ1v) is 10.3. The molecule has 2 aliphatic rings. The minimum absolute atomic E-state index is 0.302. The molecule has 143 valence electrons. The number of aryl methyl sites for hydroxylation is 1. The summed E-state index contributed by atoms with van der Waals surface area (Å²) in [5.41, 5.74) is 1.28. The molecule has 0 amide bonds. The van der Waals surface area contributed by atoms with E-state index in [0.29, 0.717) is 5.90 Å². The molecule has 1 heterocycles. The van der Waals surface area contributed by atoms with Gasteiger partial charge < -0.3 is 9.84 Å². The van der Waals surface area contributed by atoms with E-state index in [4.69, 9.17) is 9.73 Å². The van der Waals surface area contributed by atoms with Gasteiger partial charge in [-0.3, -0.25) is 0 Å². The van der Waals surface area contributed by atoms with Gasteiger partial charge >= 0.3 is 0 Å². The summed E-state index contributed by atoms with van der Waals surface area (Å²) in [6, 6.07) is 18.1. The van der Waals surface area contributed by atoms with Crippen molar-refractivity contribution in [3.05, 3.63) is 96.2 Å². The Morgan fingerprint density at radius 1 is 1.00 bits per heavy atom. The highest BCUT2D eigenvalue weighted by Crippen LogP contribution is 2.48. The van der Waals surface area contributed by atoms with Gasteiger partial charge in [0.1, 0.15) is 6.04 Å². The molecule has 3 nitrogen and oxygen atoms in total. The van der Waals surface area contributed by atoms with E-state index in [-0.39, 0.29) is 12.1 Å². The van der Waals surface area contributed by atoms with Crippen molar-refractivity contribution >= 4 is 17.7 Å². The van der Waals surface area contributed by atoms with E-state index in [2.05, 4.69) is 37.6 Å². The predicted molar refractivity (Wildman–Crippen MR) is 114 cm³/mol. The van der Waals surface area contributed by atoms with Crippen LogP contribution >= 0.6 is 11.8 Å². The standard InChI is InChI=1S/C24H24NO2S/c1-16-12-14-18(15-13-16)28-20-11-7-10-19(20)23-25-22(24(2,3)26)21(27-23)17-8-5-4-6-9-17/h4-15,21-22,26H,1-3H3/t21-,22+/m1/s1. The molecule has 2 atom stereocenters. The van der Waals surface area contributed by atoms with Gasteiger partial charge in [0.15, 0.2) is 12.0 Å². The third kappa shape index (κ3) is 4.13. The molecular weight excluding hydrogens is 366 g/mol. The van der Waals surface area contributed by atoms with Crippen LogP contribution in [0.5, 0.6) is 0 Å². The molecule has 0 aromatic heterocycles. The minimum Gasteiger partial charge on any atom is -0.470 e. The zero-order chi connectivity index (χ0) is 19.7. The fourth-order valence-corrected chi connectivity index (χ4v) is 4.30. The Kier molecular flexibility index (Phi) is 5.52. The Morgan fingerprint density at radius 3 is 2.39 bits per heavy atom. The van der Waals surface area contributed by atoms with Crippen molar-refractivity contribution in [3.8, 4) is 0 Å². The fourth-order valence-electron chi connectivity index (χ4n) is 3.37. The quantitative estimate of drug-likeness (QED) is 0.769. The van der Waals surface area contributed by atoms with Gasteiger partial charge in [0.2, 0.25) is 0 Å². The van der Waals surface area contributed by atoms with Crippen LogP contribution in [0.1, 0.15) is 31.1 Å². The lowest BCUT2D eigenvalue weighted by Gasteiger charge is -2.27. The fraction of sp³-hybridized carbons (Fsp3) is 0.250. The largest absolute Gasteiger partial charge is 0.470 e. The van der Waals surface area contributed by atoms with Crippen LogP contribution in [0.15, 0.2) is 64.5 Å². The van der Waals surface area contributed by atoms with Crippen LogP contribution in [0, 0.1) is 37.4 Å². The lowest BCUT2D eigenvalue weighted by atomic mass is 9.91. The number of hydrogen-bond acceptors (Lipinski definition) is 4. The number of ether oxygens (including phenoxy) is 1. The first-order valence-electron chi connectivity index (χ1n) is 9.44. The van der Waals surface area contributed by atoms with Crippen molar-refractivity contribution in [2.45, 2.75) is 43.4 Å². The van der Waals surface area contributed by atoms with Gasteiger partial charge in [-0.05, 0) is 57.7 Å². The molecule has 2 aromatic carbocycles. The van der Waals surface area contributed by atoms with Crippen LogP contribution in [0.4, 0.5) is 0 Å². The Hall–Kier alpha value is -1.78. The smallest absolute Gasteiger partial charge is 0.193 e. The Balaban J connectivity index is 1.56. The average Bonchev–Trinajstić information content (AvgIpc) is 3.31. The molecular formula is C24H24NO2S. The second kappa shape index (κ2) is 7.92. The Bertz CT molecular complexity index is 826. The molecule has 4 rings (SSSR count). The van der Waals surface area contributed by atoms with Gasteiger partial charge in [-0.2, -0.15) is 0 Å². The number of hydrogen-bond donors (Lipinski definition) is 1. The molecule has 28 heavy (non-hydrogen) atoms. The highest BCUT2D eigenvalue weighted by atomic mass is 32.2. The molecule has 1 aliphatic carbocycles. The molecule has 0 saturated heterocycles. The highest BCUT2D eigenvalue weighted by Gasteiger charge is 2.46. The van der Waals surface area contributed by atoms with Crippen molar-refractivity contribution < 1.29 is 9.84 Å². The minimum atomic E-state index is -0.987. The van der Waals surface area contributed by atoms with Crippen molar-refractivity contribution in [1.29, 1.82) is 0 Å². The highest BCUT2D eigenvalue weighted by molar-refractivity contribution is 8.02. The third-order valence-electron chi connectivity index (χ3n) is 4.89. The lowest BCUT2D eigenvalue weighted by molar-refractivity contribution is 0.0155. The summed E-state index contributed by atoms with van der Waals surface area (Å²) in [7, 11) is 0. The summed E-state index contributed by atoms with van der Waals surface area (Å²) in [5.74, 6) is 1.57. The van der Waals surface area contributed by atoms with E-state index in [1.54, 1.807) is 25.6 Å². The van der Waals surface area contributed by atoms with Gasteiger partial charge in [0.25, 0.3) is 0 Å². The van der Waals surface area contributed by atoms with E-state index >= 15 is 0 Å². The molecule has 2 aromatic rings. The predicted octanol–water partition coefficient (Wildman–Crippen LogP) is 5.13. The van der Waals surface area contributed by atoms with E-state index in [1.165, 1.54) is 10.5 Å². The van der Waals surface area contributed by atoms with Gasteiger partial charge in [0, 0.05) is 4.90 Å². The van der Waals surface area contributed by atoms with Crippen molar-refractivity contribution in [2.75, 3.05) is 0 Å². The zero-order valence-electron chi connectivity index (χ0n) is 16.3. The van der Waals surface area contributed by atoms with Gasteiger partial charge in [-0.1, -0.05) is 48.0 Å². The molecule has 0 spiro atoms. The molecule has 1 N–H and O–H groups in total. The van der Waals surface area contributed by atoms with E-state index in [0.717, 1.165) is 16.7 Å². The van der Waals surface area contributed by atoms with Gasteiger partial charge in [0.05, 0.1) is 16.8 Å². The third-order valence-corrected chi connectivity index (χ3v) is 5.97. The molecule has 0 unspecified atom stereocenters. The van der Waals surface area contributed by atoms with E-state index in [1.807, 2.05) is 43.2 Å². The summed E-state index contributed by atoms with van der Waals surface area (Å²) in [5, 5.41) is 11.8. The van der Waals surface area contributed by atoms with Gasteiger partial charge in [-0.25, -0.2) is 4.99 Å². The van der Waals surface area contributed by atoms with Crippen molar-refractivity contribution in [2.24, 2.45) is 4.99 Å². The van der Waals surface area contributed by atoms with Gasteiger partial charge in [-0.15, -0.1) is 11.8 Å². The van der Waals surface area contributed by atoms with Crippen molar-refractivity contribution in [1.82, 2.24) is 0 Å². The zero-order valence-corrected chi connectivity index (χ0v) is 17.1. The number of benzene rings is 2. The molecule has 1 fully saturated rings. The Morgan fingerprint density at radius 2 is 1.71 bits per heavy atom. The van der Waals surface area contributed by atoms with Crippen LogP contribution in [0.3, 0.4) is 0 Å². The molecule has 1 saturated carbocycles. The molecule has 1 aliphatic heterocycles. The summed E-state index contributed by atoms with van der Waals surface area (Å²) in [6.45, 7) is 5.66. The topological polar surface area (TPSA) is 41.8 Å². The maximum Gasteiger partial charge on any atom is 0.193 e. The number of thioether (sulfide) groups is 1. The molecule has 0 bridgehead atoms. The Labute approximate surface area is 172 Å². The second-order valence-electron chi connectivity index (χ2n) is 7.70. The van der Waals surface area contributed by atoms with Crippen LogP contribution in [-0.4, -0.2) is 22.6 Å². The number of rotatable bonds is 5. The first-order chi connectivity index (χ1) is 13.4. The van der Waals surface area contributed by atoms with Crippen LogP contribution < -0.4 is 0 Å². The first kappa shape index (κ1) is 19.5. The summed E-state index contributed by atoms with van der Waals surface area (Å²) in [4.78, 5) is 5.98. The second-order valence-corrected chi connectivity index (χ2v) is 8.82. The number of aliphatic imine (C=N–C) groups is 1.